The van der Waals surface area contributed by atoms with Crippen LogP contribution in [0.2, 0.25) is 0 Å². The van der Waals surface area contributed by atoms with Crippen molar-refractivity contribution in [1.29, 1.82) is 0 Å². The van der Waals surface area contributed by atoms with Crippen LogP contribution < -0.4 is 29.1 Å². The van der Waals surface area contributed by atoms with Gasteiger partial charge in [0.1, 0.15) is 48.1 Å². The molecule has 0 radical (unpaired) electrons. The minimum absolute atomic E-state index is 0.0122. The van der Waals surface area contributed by atoms with Gasteiger partial charge in [-0.15, -0.1) is 0 Å². The van der Waals surface area contributed by atoms with Crippen molar-refractivity contribution in [1.82, 2.24) is 0 Å². The number of aliphatic hydroxyl groups is 6. The van der Waals surface area contributed by atoms with Crippen LogP contribution >= 0.6 is 0 Å². The molecule has 2 aromatic carbocycles. The lowest BCUT2D eigenvalue weighted by atomic mass is 9.99. The molecule has 0 spiro atoms. The summed E-state index contributed by atoms with van der Waals surface area (Å²) in [7, 11) is 5.32. The molecular weight excluding hydrogens is 592 g/mol. The maximum absolute atomic E-state index is 13.9. The number of aliphatic hydroxyl groups excluding tert-OH is 6. The van der Waals surface area contributed by atoms with Crippen LogP contribution in [-0.4, -0.2) is 128 Å². The van der Waals surface area contributed by atoms with Gasteiger partial charge in [0.25, 0.3) is 0 Å². The van der Waals surface area contributed by atoms with Gasteiger partial charge in [-0.25, -0.2) is 0 Å². The number of fused-ring (bicyclic) bond motifs is 2. The van der Waals surface area contributed by atoms with Crippen molar-refractivity contribution in [3.8, 4) is 28.7 Å². The predicted molar refractivity (Wildman–Crippen MR) is 147 cm³/mol. The van der Waals surface area contributed by atoms with Crippen molar-refractivity contribution in [2.24, 2.45) is 0 Å². The molecule has 0 aliphatic carbocycles. The highest BCUT2D eigenvalue weighted by Crippen LogP contribution is 2.51. The van der Waals surface area contributed by atoms with Gasteiger partial charge >= 0.3 is 0 Å². The Bertz CT molecular complexity index is 1540. The molecule has 0 saturated carbocycles. The van der Waals surface area contributed by atoms with Crippen molar-refractivity contribution < 1.29 is 73.0 Å². The van der Waals surface area contributed by atoms with Crippen LogP contribution in [0, 0.1) is 0 Å². The summed E-state index contributed by atoms with van der Waals surface area (Å²) in [6, 6.07) is 4.70. The predicted octanol–water partition coefficient (Wildman–Crippen LogP) is -1.38. The summed E-state index contributed by atoms with van der Waals surface area (Å²) in [5.74, 6) is -0.219. The SMILES string of the molecule is COc1c(OC)c(O[C@H]2O[C@H](CO[C@H]3OC[C@H](O)[C@@H](O)[C@H]3O)[C@H](O)[C@@H](O)[C@H]2O)c2c(=O)c3cccc(OC)c3oc2c1OC. The molecule has 242 valence electrons. The Morgan fingerprint density at radius 2 is 1.41 bits per heavy atom. The second kappa shape index (κ2) is 12.9. The van der Waals surface area contributed by atoms with Gasteiger partial charge in [-0.05, 0) is 12.1 Å². The maximum Gasteiger partial charge on any atom is 0.229 e. The Labute approximate surface area is 249 Å². The molecule has 2 aliphatic heterocycles. The molecule has 0 bridgehead atoms. The molecule has 2 aliphatic rings. The van der Waals surface area contributed by atoms with E-state index in [1.807, 2.05) is 0 Å². The minimum Gasteiger partial charge on any atom is -0.493 e. The molecule has 6 N–H and O–H groups in total. The van der Waals surface area contributed by atoms with Gasteiger partial charge in [0.15, 0.2) is 29.0 Å². The standard InChI is InChI=1S/C28H34O16/c1-36-12-7-5-6-10-15(30)14-22(43-21(10)12)24(37-2)26(39-4)25(38-3)23(14)44-28-20(35)18(33)17(32)13(42-28)9-41-27-19(34)16(31)11(29)8-40-27/h5-7,11,13,16-20,27-29,31-35H,8-9H2,1-4H3/t11-,13+,16+,17-,18+,19+,20+,27+,28+/m0/s1. The van der Waals surface area contributed by atoms with Crippen LogP contribution in [0.4, 0.5) is 0 Å². The third kappa shape index (κ3) is 5.38. The van der Waals surface area contributed by atoms with E-state index in [0.29, 0.717) is 0 Å². The number of hydrogen-bond donors (Lipinski definition) is 6. The Hall–Kier alpha value is -3.45. The highest BCUT2D eigenvalue weighted by Gasteiger charge is 2.47. The third-order valence-electron chi connectivity index (χ3n) is 7.55. The van der Waals surface area contributed by atoms with Crippen LogP contribution in [0.25, 0.3) is 21.9 Å². The molecule has 3 heterocycles. The van der Waals surface area contributed by atoms with Gasteiger partial charge in [0.2, 0.25) is 29.0 Å². The molecule has 0 unspecified atom stereocenters. The van der Waals surface area contributed by atoms with Crippen molar-refractivity contribution in [2.75, 3.05) is 41.7 Å². The highest BCUT2D eigenvalue weighted by molar-refractivity contribution is 6.01. The van der Waals surface area contributed by atoms with Crippen molar-refractivity contribution >= 4 is 21.9 Å². The van der Waals surface area contributed by atoms with Crippen LogP contribution in [0.1, 0.15) is 0 Å². The molecule has 3 aromatic rings. The van der Waals surface area contributed by atoms with Crippen molar-refractivity contribution in [2.45, 2.75) is 55.3 Å². The summed E-state index contributed by atoms with van der Waals surface area (Å²) in [6.45, 7) is -0.856. The average Bonchev–Trinajstić information content (AvgIpc) is 3.03. The van der Waals surface area contributed by atoms with E-state index in [2.05, 4.69) is 0 Å². The summed E-state index contributed by atoms with van der Waals surface area (Å²) in [6.07, 6.45) is -14.4. The summed E-state index contributed by atoms with van der Waals surface area (Å²) in [5.41, 5.74) is -0.597. The fourth-order valence-electron chi connectivity index (χ4n) is 5.19. The topological polar surface area (TPSA) is 225 Å². The lowest BCUT2D eigenvalue weighted by Crippen LogP contribution is -2.61. The van der Waals surface area contributed by atoms with Crippen LogP contribution in [0.15, 0.2) is 27.4 Å². The van der Waals surface area contributed by atoms with E-state index in [9.17, 15) is 35.4 Å². The van der Waals surface area contributed by atoms with Crippen LogP contribution in [0.3, 0.4) is 0 Å². The molecule has 0 amide bonds. The Morgan fingerprint density at radius 1 is 0.750 bits per heavy atom. The van der Waals surface area contributed by atoms with Crippen LogP contribution in [0.5, 0.6) is 28.7 Å². The number of benzene rings is 2. The fourth-order valence-corrected chi connectivity index (χ4v) is 5.19. The lowest BCUT2D eigenvalue weighted by molar-refractivity contribution is -0.307. The van der Waals surface area contributed by atoms with Gasteiger partial charge in [0, 0.05) is 0 Å². The van der Waals surface area contributed by atoms with Crippen molar-refractivity contribution in [3.05, 3.63) is 28.4 Å². The first kappa shape index (κ1) is 32.0. The van der Waals surface area contributed by atoms with Gasteiger partial charge in [-0.1, -0.05) is 6.07 Å². The molecule has 16 heteroatoms. The zero-order valence-electron chi connectivity index (χ0n) is 24.1. The third-order valence-corrected chi connectivity index (χ3v) is 7.55. The first-order chi connectivity index (χ1) is 21.1. The Kier molecular flexibility index (Phi) is 9.36. The Balaban J connectivity index is 1.56. The van der Waals surface area contributed by atoms with E-state index in [-0.39, 0.29) is 57.3 Å². The van der Waals surface area contributed by atoms with E-state index < -0.39 is 67.3 Å². The molecule has 2 saturated heterocycles. The van der Waals surface area contributed by atoms with Gasteiger partial charge in [-0.2, -0.15) is 0 Å². The fraction of sp³-hybridized carbons (Fsp3) is 0.536. The number of methoxy groups -OCH3 is 4. The van der Waals surface area contributed by atoms with Crippen molar-refractivity contribution in [3.63, 3.8) is 0 Å². The van der Waals surface area contributed by atoms with E-state index >= 15 is 0 Å². The van der Waals surface area contributed by atoms with E-state index in [1.165, 1.54) is 34.5 Å². The maximum atomic E-state index is 13.9. The average molecular weight is 627 g/mol. The quantitative estimate of drug-likeness (QED) is 0.151. The van der Waals surface area contributed by atoms with Gasteiger partial charge < -0.3 is 73.0 Å². The normalized spacial score (nSPS) is 30.7. The monoisotopic (exact) mass is 626 g/mol. The minimum atomic E-state index is -1.85. The highest BCUT2D eigenvalue weighted by atomic mass is 16.7. The number of hydrogen-bond acceptors (Lipinski definition) is 16. The summed E-state index contributed by atoms with van der Waals surface area (Å²) >= 11 is 0. The molecule has 5 rings (SSSR count). The molecule has 2 fully saturated rings. The second-order valence-corrected chi connectivity index (χ2v) is 10.1. The zero-order chi connectivity index (χ0) is 31.9. The smallest absolute Gasteiger partial charge is 0.229 e. The molecule has 1 aromatic heterocycles. The van der Waals surface area contributed by atoms with E-state index in [1.54, 1.807) is 12.1 Å². The number of ether oxygens (including phenoxy) is 8. The second-order valence-electron chi connectivity index (χ2n) is 10.1. The Morgan fingerprint density at radius 3 is 2.07 bits per heavy atom. The molecule has 44 heavy (non-hydrogen) atoms. The summed E-state index contributed by atoms with van der Waals surface area (Å²) in [4.78, 5) is 13.9. The van der Waals surface area contributed by atoms with Gasteiger partial charge in [0.05, 0.1) is 47.0 Å². The van der Waals surface area contributed by atoms with E-state index in [4.69, 9.17) is 42.3 Å². The largest absolute Gasteiger partial charge is 0.493 e. The summed E-state index contributed by atoms with van der Waals surface area (Å²) < 4.78 is 50.5. The molecular formula is C28H34O16. The zero-order valence-corrected chi connectivity index (χ0v) is 24.1. The summed E-state index contributed by atoms with van der Waals surface area (Å²) in [5, 5.41) is 61.8. The lowest BCUT2D eigenvalue weighted by Gasteiger charge is -2.41. The molecule has 9 atom stereocenters. The van der Waals surface area contributed by atoms with Crippen LogP contribution in [-0.2, 0) is 14.2 Å². The first-order valence-electron chi connectivity index (χ1n) is 13.5. The first-order valence-corrected chi connectivity index (χ1v) is 13.5. The molecule has 16 nitrogen and oxygen atoms in total. The number of rotatable bonds is 9. The van der Waals surface area contributed by atoms with Gasteiger partial charge in [-0.3, -0.25) is 4.79 Å². The van der Waals surface area contributed by atoms with E-state index in [0.717, 1.165) is 0 Å². The number of para-hydroxylation sites is 1.